The molecule has 3 aliphatic heterocycles. The number of aliphatic hydroxyl groups excluding tert-OH is 1. The summed E-state index contributed by atoms with van der Waals surface area (Å²) in [6.45, 7) is 23.0. The molecule has 268 valence electrons. The van der Waals surface area contributed by atoms with Crippen molar-refractivity contribution in [1.29, 1.82) is 0 Å². The number of ether oxygens (including phenoxy) is 2. The fourth-order valence-electron chi connectivity index (χ4n) is 4.81. The number of hydrogen-bond acceptors (Lipinski definition) is 11. The van der Waals surface area contributed by atoms with E-state index in [9.17, 15) is 19.2 Å². The third kappa shape index (κ3) is 11.4. The summed E-state index contributed by atoms with van der Waals surface area (Å²) in [6, 6.07) is -1.21. The molecule has 3 saturated heterocycles. The van der Waals surface area contributed by atoms with Crippen LogP contribution in [0.5, 0.6) is 0 Å². The Hall–Kier alpha value is -1.89. The van der Waals surface area contributed by atoms with E-state index in [0.29, 0.717) is 19.4 Å². The molecule has 0 aliphatic carbocycles. The first-order valence-electron chi connectivity index (χ1n) is 15.9. The minimum Gasteiger partial charge on any atom is -0.480 e. The number of hydrogen-bond donors (Lipinski definition) is 3. The van der Waals surface area contributed by atoms with E-state index in [-0.39, 0.29) is 40.1 Å². The normalized spacial score (nSPS) is 27.4. The summed E-state index contributed by atoms with van der Waals surface area (Å²) in [5.74, 6) is -1.54. The molecule has 3 fully saturated rings. The van der Waals surface area contributed by atoms with Crippen LogP contribution in [0.25, 0.3) is 0 Å². The summed E-state index contributed by atoms with van der Waals surface area (Å²) < 4.78 is 22.0. The number of nitrogens with zero attached hydrogens (tertiary/aromatic N) is 2. The van der Waals surface area contributed by atoms with Crippen molar-refractivity contribution in [2.45, 2.75) is 134 Å². The van der Waals surface area contributed by atoms with E-state index in [4.69, 9.17) is 28.5 Å². The highest BCUT2D eigenvalue weighted by atomic mass is 28.4. The molecule has 15 heteroatoms. The molecule has 0 spiro atoms. The molecule has 0 aromatic carbocycles. The van der Waals surface area contributed by atoms with E-state index in [1.165, 1.54) is 19.1 Å². The lowest BCUT2D eigenvalue weighted by Gasteiger charge is -2.38. The summed E-state index contributed by atoms with van der Waals surface area (Å²) in [6.07, 6.45) is 0.612. The highest BCUT2D eigenvalue weighted by molar-refractivity contribution is 6.74. The fraction of sp³-hybridized carbons (Fsp3) is 0.871. The van der Waals surface area contributed by atoms with Gasteiger partial charge < -0.3 is 38.8 Å². The van der Waals surface area contributed by atoms with Gasteiger partial charge in [-0.25, -0.2) is 4.79 Å². The highest BCUT2D eigenvalue weighted by Crippen LogP contribution is 2.40. The quantitative estimate of drug-likeness (QED) is 0.265. The molecule has 0 radical (unpaired) electrons. The van der Waals surface area contributed by atoms with Crippen LogP contribution in [0, 0.1) is 0 Å². The molecule has 3 N–H and O–H groups in total. The van der Waals surface area contributed by atoms with Gasteiger partial charge in [-0.15, -0.1) is 0 Å². The Morgan fingerprint density at radius 2 is 1.30 bits per heavy atom. The predicted octanol–water partition coefficient (Wildman–Crippen LogP) is 2.83. The maximum atomic E-state index is 12.2. The van der Waals surface area contributed by atoms with Crippen LogP contribution < -0.4 is 5.32 Å². The molecule has 3 aliphatic rings. The minimum absolute atomic E-state index is 0.0369. The second-order valence-corrected chi connectivity index (χ2v) is 25.0. The number of carbonyl (C=O) groups excluding carboxylic acids is 3. The van der Waals surface area contributed by atoms with Crippen LogP contribution in [0.15, 0.2) is 0 Å². The van der Waals surface area contributed by atoms with Gasteiger partial charge in [0, 0.05) is 33.0 Å². The van der Waals surface area contributed by atoms with Crippen LogP contribution >= 0.6 is 0 Å². The number of likely N-dealkylation sites (N-methyl/N-ethyl adjacent to an activating group) is 2. The first kappa shape index (κ1) is 42.1. The number of carbonyl (C=O) groups is 4. The Bertz CT molecular complexity index is 1060. The van der Waals surface area contributed by atoms with Crippen molar-refractivity contribution >= 4 is 40.4 Å². The highest BCUT2D eigenvalue weighted by Gasteiger charge is 2.48. The van der Waals surface area contributed by atoms with Crippen molar-refractivity contribution in [3.05, 3.63) is 0 Å². The number of nitrogens with one attached hydrogen (secondary N) is 1. The van der Waals surface area contributed by atoms with E-state index in [2.05, 4.69) is 73.0 Å². The van der Waals surface area contributed by atoms with Gasteiger partial charge in [-0.3, -0.25) is 19.3 Å². The monoisotopic (exact) mass is 691 g/mol. The minimum atomic E-state index is -2.02. The predicted molar refractivity (Wildman–Crippen MR) is 180 cm³/mol. The topological polar surface area (TPSA) is 164 Å². The average Bonchev–Trinajstić information content (AvgIpc) is 3.60. The summed E-state index contributed by atoms with van der Waals surface area (Å²) in [5.41, 5.74) is 0. The van der Waals surface area contributed by atoms with Gasteiger partial charge in [-0.2, -0.15) is 0 Å². The van der Waals surface area contributed by atoms with Gasteiger partial charge in [0.05, 0.1) is 26.4 Å². The zero-order valence-corrected chi connectivity index (χ0v) is 32.6. The Morgan fingerprint density at radius 3 is 1.70 bits per heavy atom. The van der Waals surface area contributed by atoms with Crippen LogP contribution in [0.1, 0.15) is 60.8 Å². The smallest absolute Gasteiger partial charge is 0.328 e. The molecule has 0 aromatic rings. The maximum Gasteiger partial charge on any atom is 0.328 e. The summed E-state index contributed by atoms with van der Waals surface area (Å²) in [5, 5.41) is 20.1. The number of rotatable bonds is 7. The number of aliphatic hydroxyl groups is 1. The number of β-amino-alcohol motifs (C(OH)–C–C–N with tert-alkyl or cyclic N) is 1. The molecule has 0 bridgehead atoms. The molecule has 3 heterocycles. The molecule has 3 rings (SSSR count). The first-order chi connectivity index (χ1) is 20.8. The number of amides is 1. The molecule has 0 saturated carbocycles. The summed E-state index contributed by atoms with van der Waals surface area (Å²) >= 11 is 0. The molecule has 0 unspecified atom stereocenters. The summed E-state index contributed by atoms with van der Waals surface area (Å²) in [7, 11) is 2.59. The first-order valence-corrected chi connectivity index (χ1v) is 21.7. The van der Waals surface area contributed by atoms with E-state index in [1.54, 1.807) is 7.05 Å². The lowest BCUT2D eigenvalue weighted by molar-refractivity contribution is -0.148. The molecule has 46 heavy (non-hydrogen) atoms. The van der Waals surface area contributed by atoms with Crippen molar-refractivity contribution in [2.24, 2.45) is 0 Å². The zero-order chi connectivity index (χ0) is 36.0. The van der Waals surface area contributed by atoms with Crippen molar-refractivity contribution < 1.29 is 47.7 Å². The van der Waals surface area contributed by atoms with Crippen LogP contribution in [0.4, 0.5) is 0 Å². The molecule has 0 aromatic heterocycles. The lowest BCUT2D eigenvalue weighted by atomic mass is 10.2. The van der Waals surface area contributed by atoms with E-state index in [1.807, 2.05) is 11.9 Å². The largest absolute Gasteiger partial charge is 0.480 e. The van der Waals surface area contributed by atoms with Gasteiger partial charge >= 0.3 is 17.9 Å². The number of carboxylic acid groups (broad SMARTS) is 1. The maximum absolute atomic E-state index is 12.2. The Morgan fingerprint density at radius 1 is 0.826 bits per heavy atom. The van der Waals surface area contributed by atoms with Crippen molar-refractivity contribution in [2.75, 3.05) is 41.4 Å². The second-order valence-electron chi connectivity index (χ2n) is 15.5. The van der Waals surface area contributed by atoms with Gasteiger partial charge in [0.15, 0.2) is 16.6 Å². The van der Waals surface area contributed by atoms with Crippen LogP contribution in [0.2, 0.25) is 36.3 Å². The van der Waals surface area contributed by atoms with E-state index >= 15 is 0 Å². The number of carboxylic acids is 1. The van der Waals surface area contributed by atoms with Crippen molar-refractivity contribution in [1.82, 2.24) is 15.1 Å². The molecular weight excluding hydrogens is 631 g/mol. The number of aliphatic carboxylic acids is 1. The summed E-state index contributed by atoms with van der Waals surface area (Å²) in [4.78, 5) is 49.0. The molecule has 1 amide bonds. The number of esters is 2. The van der Waals surface area contributed by atoms with Gasteiger partial charge in [0.1, 0.15) is 24.2 Å². The molecule has 13 nitrogen and oxygen atoms in total. The third-order valence-corrected chi connectivity index (χ3v) is 18.9. The number of methoxy groups -OCH3 is 2. The van der Waals surface area contributed by atoms with Crippen LogP contribution in [-0.4, -0.2) is 138 Å². The van der Waals surface area contributed by atoms with Crippen LogP contribution in [0.3, 0.4) is 0 Å². The van der Waals surface area contributed by atoms with E-state index in [0.717, 1.165) is 13.0 Å². The molecular formula is C31H61N3O10Si2. The van der Waals surface area contributed by atoms with E-state index < -0.39 is 46.9 Å². The standard InChI is InChI=1S/C13H25NO4Si.C13H27NO3Si.C5H9NO3/c1-13(2,3)19(6,7)18-10-8-9(12(16)17-5)14(4)11(10)15;1-13(2,3)18(6,7)17-10-8-11(12(15)16-5)14(4)9-10;7-3-1-4(5(8)9)6-2-3/h9-10H,8H2,1-7H3;10-11H,8-9H2,1-7H3;3-4,6-7H,1-2H2,(H,8,9)/t9-,10-;10-,11-;3-,4-/m111/s1. The lowest BCUT2D eigenvalue weighted by Crippen LogP contribution is -2.45. The fourth-order valence-corrected chi connectivity index (χ4v) is 7.43. The third-order valence-electron chi connectivity index (χ3n) is 9.90. The van der Waals surface area contributed by atoms with Crippen molar-refractivity contribution in [3.8, 4) is 0 Å². The Balaban J connectivity index is 0.000000366. The van der Waals surface area contributed by atoms with Gasteiger partial charge in [0.25, 0.3) is 5.91 Å². The SMILES string of the molecule is COC(=O)[C@H]1C[C@@H](O[Si](C)(C)C(C)(C)C)C(=O)N1C.COC(=O)[C@H]1C[C@@H](O[Si](C)(C)C(C)(C)C)CN1C.O=C(O)[C@H]1C[C@@H](O)CN1. The Kier molecular flexibility index (Phi) is 15.1. The van der Waals surface area contributed by atoms with Crippen molar-refractivity contribution in [3.63, 3.8) is 0 Å². The van der Waals surface area contributed by atoms with Gasteiger partial charge in [-0.05, 0) is 49.7 Å². The van der Waals surface area contributed by atoms with Gasteiger partial charge in [0.2, 0.25) is 0 Å². The second kappa shape index (κ2) is 16.5. The molecule has 6 atom stereocenters. The zero-order valence-electron chi connectivity index (χ0n) is 30.6. The average molecular weight is 692 g/mol. The van der Waals surface area contributed by atoms with Crippen LogP contribution in [-0.2, 0) is 37.5 Å². The Labute approximate surface area is 277 Å². The van der Waals surface area contributed by atoms with Gasteiger partial charge in [-0.1, -0.05) is 41.5 Å². The number of likely N-dealkylation sites (tertiary alicyclic amines) is 2.